The van der Waals surface area contributed by atoms with Crippen molar-refractivity contribution in [3.8, 4) is 11.5 Å². The summed E-state index contributed by atoms with van der Waals surface area (Å²) in [5, 5.41) is 10.4. The van der Waals surface area contributed by atoms with Crippen LogP contribution >= 0.6 is 11.6 Å². The lowest BCUT2D eigenvalue weighted by Gasteiger charge is -2.20. The largest absolute Gasteiger partial charge is 0.507 e. The topological polar surface area (TPSA) is 75.8 Å². The number of rotatable bonds is 3. The number of nitrogens with two attached hydrogens (primary N) is 1. The third kappa shape index (κ3) is 3.03. The minimum absolute atomic E-state index is 0.151. The Morgan fingerprint density at radius 2 is 2.00 bits per heavy atom. The monoisotopic (exact) mass is 306 g/mol. The number of phenols is 1. The van der Waals surface area contributed by atoms with Crippen LogP contribution < -0.4 is 15.4 Å². The van der Waals surface area contributed by atoms with Gasteiger partial charge in [0.1, 0.15) is 11.5 Å². The van der Waals surface area contributed by atoms with Gasteiger partial charge in [0.2, 0.25) is 0 Å². The maximum absolute atomic E-state index is 12.5. The molecule has 0 atom stereocenters. The van der Waals surface area contributed by atoms with Gasteiger partial charge < -0.3 is 20.5 Å². The van der Waals surface area contributed by atoms with Crippen molar-refractivity contribution in [2.45, 2.75) is 0 Å². The number of halogens is 1. The zero-order valence-electron chi connectivity index (χ0n) is 11.6. The van der Waals surface area contributed by atoms with Gasteiger partial charge in [-0.25, -0.2) is 0 Å². The van der Waals surface area contributed by atoms with E-state index in [1.165, 1.54) is 24.1 Å². The molecule has 2 aromatic carbocycles. The number of carbonyl (C=O) groups excluding carboxylic acids is 1. The molecule has 2 aromatic rings. The van der Waals surface area contributed by atoms with Gasteiger partial charge in [0.25, 0.3) is 5.91 Å². The maximum Gasteiger partial charge on any atom is 0.261 e. The maximum atomic E-state index is 12.5. The van der Waals surface area contributed by atoms with Crippen LogP contribution in [0, 0.1) is 0 Å². The number of benzene rings is 2. The Kier molecular flexibility index (Phi) is 4.23. The average molecular weight is 307 g/mol. The molecule has 5 nitrogen and oxygen atoms in total. The predicted molar refractivity (Wildman–Crippen MR) is 83.3 cm³/mol. The highest BCUT2D eigenvalue weighted by Gasteiger charge is 2.19. The summed E-state index contributed by atoms with van der Waals surface area (Å²) in [6.45, 7) is 0. The van der Waals surface area contributed by atoms with Crippen LogP contribution in [0.3, 0.4) is 0 Å². The summed E-state index contributed by atoms with van der Waals surface area (Å²) >= 11 is 5.92. The number of anilines is 2. The third-order valence-electron chi connectivity index (χ3n) is 3.09. The molecule has 0 radical (unpaired) electrons. The van der Waals surface area contributed by atoms with E-state index in [1.54, 1.807) is 31.3 Å². The van der Waals surface area contributed by atoms with Gasteiger partial charge in [-0.1, -0.05) is 11.6 Å². The molecule has 0 aliphatic carbocycles. The Morgan fingerprint density at radius 3 is 2.62 bits per heavy atom. The van der Waals surface area contributed by atoms with Crippen molar-refractivity contribution in [2.24, 2.45) is 0 Å². The molecule has 0 aromatic heterocycles. The van der Waals surface area contributed by atoms with E-state index < -0.39 is 5.91 Å². The van der Waals surface area contributed by atoms with Crippen molar-refractivity contribution >= 4 is 28.9 Å². The fourth-order valence-corrected chi connectivity index (χ4v) is 2.08. The van der Waals surface area contributed by atoms with E-state index in [1.807, 2.05) is 0 Å². The van der Waals surface area contributed by atoms with Crippen LogP contribution in [-0.2, 0) is 0 Å². The first-order valence-corrected chi connectivity index (χ1v) is 6.52. The average Bonchev–Trinajstić information content (AvgIpc) is 2.48. The Morgan fingerprint density at radius 1 is 1.29 bits per heavy atom. The van der Waals surface area contributed by atoms with Crippen LogP contribution in [0.4, 0.5) is 11.4 Å². The Hall–Kier alpha value is -2.40. The van der Waals surface area contributed by atoms with Gasteiger partial charge in [-0.15, -0.1) is 0 Å². The molecule has 3 N–H and O–H groups in total. The van der Waals surface area contributed by atoms with Gasteiger partial charge in [-0.2, -0.15) is 0 Å². The summed E-state index contributed by atoms with van der Waals surface area (Å²) in [5.74, 6) is -0.0927. The van der Waals surface area contributed by atoms with Crippen LogP contribution in [0.15, 0.2) is 36.4 Å². The van der Waals surface area contributed by atoms with Crippen LogP contribution in [0.1, 0.15) is 10.4 Å². The van der Waals surface area contributed by atoms with Crippen LogP contribution in [0.5, 0.6) is 11.5 Å². The summed E-state index contributed by atoms with van der Waals surface area (Å²) < 4.78 is 4.99. The first-order chi connectivity index (χ1) is 9.93. The van der Waals surface area contributed by atoms with E-state index in [9.17, 15) is 9.90 Å². The highest BCUT2D eigenvalue weighted by molar-refractivity contribution is 6.31. The summed E-state index contributed by atoms with van der Waals surface area (Å²) in [4.78, 5) is 13.8. The van der Waals surface area contributed by atoms with Gasteiger partial charge in [0.15, 0.2) is 0 Å². The van der Waals surface area contributed by atoms with Gasteiger partial charge >= 0.3 is 0 Å². The van der Waals surface area contributed by atoms with Crippen molar-refractivity contribution in [2.75, 3.05) is 24.8 Å². The van der Waals surface area contributed by atoms with Crippen molar-refractivity contribution in [1.82, 2.24) is 0 Å². The first kappa shape index (κ1) is 15.0. The summed E-state index contributed by atoms with van der Waals surface area (Å²) in [6, 6.07) is 9.33. The molecule has 110 valence electrons. The number of amides is 1. The Bertz CT molecular complexity index is 689. The normalized spacial score (nSPS) is 10.2. The zero-order valence-corrected chi connectivity index (χ0v) is 12.4. The van der Waals surface area contributed by atoms with Crippen LogP contribution in [-0.4, -0.2) is 25.2 Å². The number of carbonyl (C=O) groups is 1. The molecule has 0 unspecified atom stereocenters. The minimum atomic E-state index is -0.399. The highest BCUT2D eigenvalue weighted by Crippen LogP contribution is 2.30. The number of aromatic hydroxyl groups is 1. The SMILES string of the molecule is COc1ccc(C(=O)N(C)c2cc(Cl)ccc2N)c(O)c1. The zero-order chi connectivity index (χ0) is 15.6. The molecule has 0 aliphatic rings. The lowest BCUT2D eigenvalue weighted by molar-refractivity contribution is 0.0990. The molecule has 0 heterocycles. The number of nitrogen functional groups attached to an aromatic ring is 1. The molecular weight excluding hydrogens is 292 g/mol. The van der Waals surface area contributed by atoms with E-state index in [4.69, 9.17) is 22.1 Å². The molecule has 1 amide bonds. The van der Waals surface area contributed by atoms with E-state index in [-0.39, 0.29) is 11.3 Å². The van der Waals surface area contributed by atoms with Gasteiger partial charge in [0.05, 0.1) is 24.0 Å². The highest BCUT2D eigenvalue weighted by atomic mass is 35.5. The number of ether oxygens (including phenoxy) is 1. The fraction of sp³-hybridized carbons (Fsp3) is 0.133. The number of methoxy groups -OCH3 is 1. The van der Waals surface area contributed by atoms with E-state index in [2.05, 4.69) is 0 Å². The van der Waals surface area contributed by atoms with E-state index >= 15 is 0 Å². The summed E-state index contributed by atoms with van der Waals surface area (Å²) in [5.41, 5.74) is 6.90. The number of hydrogen-bond donors (Lipinski definition) is 2. The second kappa shape index (κ2) is 5.93. The van der Waals surface area contributed by atoms with Crippen molar-refractivity contribution in [1.29, 1.82) is 0 Å². The van der Waals surface area contributed by atoms with Crippen molar-refractivity contribution in [3.63, 3.8) is 0 Å². The van der Waals surface area contributed by atoms with Crippen molar-refractivity contribution < 1.29 is 14.6 Å². The standard InChI is InChI=1S/C15H15ClN2O3/c1-18(13-7-9(16)3-6-12(13)17)15(20)11-5-4-10(21-2)8-14(11)19/h3-8,19H,17H2,1-2H3. The summed E-state index contributed by atoms with van der Waals surface area (Å²) in [7, 11) is 3.04. The van der Waals surface area contributed by atoms with Gasteiger partial charge in [-0.3, -0.25) is 4.79 Å². The lowest BCUT2D eigenvalue weighted by Crippen LogP contribution is -2.27. The number of phenolic OH excluding ortho intramolecular Hbond substituents is 1. The number of nitrogens with zero attached hydrogens (tertiary/aromatic N) is 1. The molecule has 0 spiro atoms. The molecule has 0 fully saturated rings. The molecule has 0 saturated heterocycles. The van der Waals surface area contributed by atoms with Crippen LogP contribution in [0.25, 0.3) is 0 Å². The molecule has 0 aliphatic heterocycles. The quantitative estimate of drug-likeness (QED) is 0.855. The smallest absolute Gasteiger partial charge is 0.261 e. The van der Waals surface area contributed by atoms with Gasteiger partial charge in [-0.05, 0) is 30.3 Å². The first-order valence-electron chi connectivity index (χ1n) is 6.14. The second-order valence-corrected chi connectivity index (χ2v) is 4.89. The Balaban J connectivity index is 2.37. The molecule has 0 bridgehead atoms. The molecule has 2 rings (SSSR count). The van der Waals surface area contributed by atoms with Crippen LogP contribution in [0.2, 0.25) is 5.02 Å². The Labute approximate surface area is 127 Å². The lowest BCUT2D eigenvalue weighted by atomic mass is 10.1. The fourth-order valence-electron chi connectivity index (χ4n) is 1.92. The molecule has 0 saturated carbocycles. The molecule has 6 heteroatoms. The third-order valence-corrected chi connectivity index (χ3v) is 3.33. The molecule has 21 heavy (non-hydrogen) atoms. The number of hydrogen-bond acceptors (Lipinski definition) is 4. The summed E-state index contributed by atoms with van der Waals surface area (Å²) in [6.07, 6.45) is 0. The molecular formula is C15H15ClN2O3. The van der Waals surface area contributed by atoms with Gasteiger partial charge in [0, 0.05) is 18.1 Å². The predicted octanol–water partition coefficient (Wildman–Crippen LogP) is 2.91. The minimum Gasteiger partial charge on any atom is -0.507 e. The van der Waals surface area contributed by atoms with E-state index in [0.717, 1.165) is 0 Å². The van der Waals surface area contributed by atoms with E-state index in [0.29, 0.717) is 22.1 Å². The van der Waals surface area contributed by atoms with Crippen molar-refractivity contribution in [3.05, 3.63) is 47.0 Å². The second-order valence-electron chi connectivity index (χ2n) is 4.45.